The van der Waals surface area contributed by atoms with Crippen molar-refractivity contribution in [3.05, 3.63) is 24.3 Å². The maximum atomic E-state index is 12.1. The lowest BCUT2D eigenvalue weighted by Crippen LogP contribution is -2.39. The van der Waals surface area contributed by atoms with E-state index in [0.29, 0.717) is 24.6 Å². The van der Waals surface area contributed by atoms with Crippen molar-refractivity contribution in [3.63, 3.8) is 0 Å². The summed E-state index contributed by atoms with van der Waals surface area (Å²) < 4.78 is 10.2. The molecule has 21 heavy (non-hydrogen) atoms. The average Bonchev–Trinajstić information content (AvgIpc) is 2.46. The van der Waals surface area contributed by atoms with E-state index in [1.807, 2.05) is 0 Å². The molecule has 3 N–H and O–H groups in total. The molecule has 0 saturated carbocycles. The second-order valence-corrected chi connectivity index (χ2v) is 4.96. The molecule has 0 saturated heterocycles. The SMILES string of the molecule is CCOC(=O)C(C)(C)C(=O)Nc1ccc(OCCN)cc1. The standard InChI is InChI=1S/C15H22N2O4/c1-4-20-14(19)15(2,3)13(18)17-11-5-7-12(8-6-11)21-10-9-16/h5-8H,4,9-10,16H2,1-3H3,(H,17,18). The number of carbonyl (C=O) groups excluding carboxylic acids is 2. The van der Waals surface area contributed by atoms with Gasteiger partial charge in [0, 0.05) is 12.2 Å². The molecular weight excluding hydrogens is 272 g/mol. The quantitative estimate of drug-likeness (QED) is 0.588. The van der Waals surface area contributed by atoms with Gasteiger partial charge in [-0.05, 0) is 45.0 Å². The van der Waals surface area contributed by atoms with Crippen LogP contribution in [0.1, 0.15) is 20.8 Å². The summed E-state index contributed by atoms with van der Waals surface area (Å²) in [5.74, 6) is -0.301. The molecule has 1 aromatic carbocycles. The minimum absolute atomic E-state index is 0.239. The second kappa shape index (κ2) is 7.64. The molecule has 1 rings (SSSR count). The van der Waals surface area contributed by atoms with Gasteiger partial charge < -0.3 is 20.5 Å². The van der Waals surface area contributed by atoms with Crippen molar-refractivity contribution < 1.29 is 19.1 Å². The number of benzene rings is 1. The number of carbonyl (C=O) groups is 2. The number of hydrogen-bond donors (Lipinski definition) is 2. The van der Waals surface area contributed by atoms with Crippen LogP contribution in [0.2, 0.25) is 0 Å². The summed E-state index contributed by atoms with van der Waals surface area (Å²) >= 11 is 0. The van der Waals surface area contributed by atoms with E-state index < -0.39 is 17.3 Å². The molecule has 0 spiro atoms. The van der Waals surface area contributed by atoms with Crippen molar-refractivity contribution in [2.24, 2.45) is 11.1 Å². The number of nitrogens with two attached hydrogens (primary N) is 1. The Balaban J connectivity index is 2.67. The Morgan fingerprint density at radius 2 is 1.86 bits per heavy atom. The van der Waals surface area contributed by atoms with Crippen LogP contribution in [0.25, 0.3) is 0 Å². The molecule has 1 aromatic rings. The molecule has 0 unspecified atom stereocenters. The molecule has 6 nitrogen and oxygen atoms in total. The number of rotatable bonds is 7. The van der Waals surface area contributed by atoms with Gasteiger partial charge in [0.2, 0.25) is 5.91 Å². The predicted molar refractivity (Wildman–Crippen MR) is 80.0 cm³/mol. The van der Waals surface area contributed by atoms with Gasteiger partial charge in [-0.2, -0.15) is 0 Å². The van der Waals surface area contributed by atoms with E-state index in [9.17, 15) is 9.59 Å². The molecule has 0 radical (unpaired) electrons. The minimum Gasteiger partial charge on any atom is -0.492 e. The van der Waals surface area contributed by atoms with E-state index in [0.717, 1.165) is 0 Å². The van der Waals surface area contributed by atoms with Crippen LogP contribution in [-0.2, 0) is 14.3 Å². The molecule has 0 bridgehead atoms. The summed E-state index contributed by atoms with van der Waals surface area (Å²) in [6, 6.07) is 6.85. The number of nitrogens with one attached hydrogen (secondary N) is 1. The molecular formula is C15H22N2O4. The fourth-order valence-corrected chi connectivity index (χ4v) is 1.50. The summed E-state index contributed by atoms with van der Waals surface area (Å²) in [4.78, 5) is 23.9. The van der Waals surface area contributed by atoms with Crippen molar-refractivity contribution in [2.45, 2.75) is 20.8 Å². The maximum Gasteiger partial charge on any atom is 0.321 e. The van der Waals surface area contributed by atoms with Crippen LogP contribution < -0.4 is 15.8 Å². The zero-order valence-corrected chi connectivity index (χ0v) is 12.6. The van der Waals surface area contributed by atoms with Crippen LogP contribution in [0.5, 0.6) is 5.75 Å². The third-order valence-corrected chi connectivity index (χ3v) is 2.85. The average molecular weight is 294 g/mol. The van der Waals surface area contributed by atoms with Crippen LogP contribution in [0.3, 0.4) is 0 Å². The van der Waals surface area contributed by atoms with Crippen molar-refractivity contribution in [2.75, 3.05) is 25.1 Å². The first-order valence-electron chi connectivity index (χ1n) is 6.83. The smallest absolute Gasteiger partial charge is 0.321 e. The summed E-state index contributed by atoms with van der Waals surface area (Å²) in [6.45, 7) is 5.86. The molecule has 0 aliphatic heterocycles. The normalized spacial score (nSPS) is 10.9. The largest absolute Gasteiger partial charge is 0.492 e. The highest BCUT2D eigenvalue weighted by Gasteiger charge is 2.37. The van der Waals surface area contributed by atoms with Crippen LogP contribution in [0.4, 0.5) is 5.69 Å². The number of anilines is 1. The monoisotopic (exact) mass is 294 g/mol. The van der Waals surface area contributed by atoms with Gasteiger partial charge in [-0.3, -0.25) is 9.59 Å². The van der Waals surface area contributed by atoms with Crippen molar-refractivity contribution in [3.8, 4) is 5.75 Å². The summed E-state index contributed by atoms with van der Waals surface area (Å²) in [7, 11) is 0. The lowest BCUT2D eigenvalue weighted by Gasteiger charge is -2.21. The van der Waals surface area contributed by atoms with Gasteiger partial charge in [0.05, 0.1) is 6.61 Å². The third-order valence-electron chi connectivity index (χ3n) is 2.85. The summed E-state index contributed by atoms with van der Waals surface area (Å²) in [5.41, 5.74) is 4.68. The van der Waals surface area contributed by atoms with E-state index in [4.69, 9.17) is 15.2 Å². The first-order chi connectivity index (χ1) is 9.91. The highest BCUT2D eigenvalue weighted by molar-refractivity contribution is 6.08. The Labute approximate surface area is 124 Å². The van der Waals surface area contributed by atoms with Crippen LogP contribution in [-0.4, -0.2) is 31.6 Å². The van der Waals surface area contributed by atoms with E-state index in [2.05, 4.69) is 5.32 Å². The first kappa shape index (κ1) is 17.0. The van der Waals surface area contributed by atoms with Crippen LogP contribution in [0.15, 0.2) is 24.3 Å². The van der Waals surface area contributed by atoms with E-state index in [-0.39, 0.29) is 6.61 Å². The molecule has 0 fully saturated rings. The molecule has 116 valence electrons. The molecule has 0 aliphatic rings. The maximum absolute atomic E-state index is 12.1. The zero-order valence-electron chi connectivity index (χ0n) is 12.6. The van der Waals surface area contributed by atoms with Gasteiger partial charge in [-0.15, -0.1) is 0 Å². The molecule has 1 amide bonds. The topological polar surface area (TPSA) is 90.7 Å². The van der Waals surface area contributed by atoms with Gasteiger partial charge in [0.25, 0.3) is 0 Å². The Morgan fingerprint density at radius 1 is 1.24 bits per heavy atom. The van der Waals surface area contributed by atoms with Crippen LogP contribution in [0, 0.1) is 5.41 Å². The fourth-order valence-electron chi connectivity index (χ4n) is 1.50. The third kappa shape index (κ3) is 4.75. The van der Waals surface area contributed by atoms with Crippen molar-refractivity contribution in [1.29, 1.82) is 0 Å². The Morgan fingerprint density at radius 3 is 2.38 bits per heavy atom. The summed E-state index contributed by atoms with van der Waals surface area (Å²) in [5, 5.41) is 2.68. The minimum atomic E-state index is -1.25. The lowest BCUT2D eigenvalue weighted by atomic mass is 9.92. The number of amides is 1. The molecule has 6 heteroatoms. The molecule has 0 heterocycles. The fraction of sp³-hybridized carbons (Fsp3) is 0.467. The van der Waals surface area contributed by atoms with Gasteiger partial charge in [0.1, 0.15) is 17.8 Å². The van der Waals surface area contributed by atoms with Gasteiger partial charge >= 0.3 is 5.97 Å². The van der Waals surface area contributed by atoms with E-state index in [1.54, 1.807) is 31.2 Å². The summed E-state index contributed by atoms with van der Waals surface area (Å²) in [6.07, 6.45) is 0. The first-order valence-corrected chi connectivity index (χ1v) is 6.83. The van der Waals surface area contributed by atoms with E-state index in [1.165, 1.54) is 13.8 Å². The Kier molecular flexibility index (Phi) is 6.17. The van der Waals surface area contributed by atoms with Gasteiger partial charge in [0.15, 0.2) is 0 Å². The Bertz CT molecular complexity index is 483. The van der Waals surface area contributed by atoms with Crippen molar-refractivity contribution in [1.82, 2.24) is 0 Å². The van der Waals surface area contributed by atoms with Gasteiger partial charge in [-0.25, -0.2) is 0 Å². The number of ether oxygens (including phenoxy) is 2. The highest BCUT2D eigenvalue weighted by Crippen LogP contribution is 2.22. The number of esters is 1. The zero-order chi connectivity index (χ0) is 15.9. The highest BCUT2D eigenvalue weighted by atomic mass is 16.5. The molecule has 0 aliphatic carbocycles. The molecule has 0 aromatic heterocycles. The Hall–Kier alpha value is -2.08. The predicted octanol–water partition coefficient (Wildman–Crippen LogP) is 1.55. The molecule has 0 atom stereocenters. The van der Waals surface area contributed by atoms with Crippen molar-refractivity contribution >= 4 is 17.6 Å². The van der Waals surface area contributed by atoms with Gasteiger partial charge in [-0.1, -0.05) is 0 Å². The van der Waals surface area contributed by atoms with Crippen LogP contribution >= 0.6 is 0 Å². The lowest BCUT2D eigenvalue weighted by molar-refractivity contribution is -0.156. The number of hydrogen-bond acceptors (Lipinski definition) is 5. The second-order valence-electron chi connectivity index (χ2n) is 4.96. The van der Waals surface area contributed by atoms with E-state index >= 15 is 0 Å².